The van der Waals surface area contributed by atoms with Crippen LogP contribution in [0.25, 0.3) is 11.5 Å². The van der Waals surface area contributed by atoms with E-state index in [1.807, 2.05) is 56.3 Å². The fourth-order valence-electron chi connectivity index (χ4n) is 2.82. The lowest BCUT2D eigenvalue weighted by atomic mass is 10.1. The Bertz CT molecular complexity index is 1110. The van der Waals surface area contributed by atoms with E-state index in [1.54, 1.807) is 0 Å². The van der Waals surface area contributed by atoms with Crippen LogP contribution in [0.1, 0.15) is 17.0 Å². The van der Waals surface area contributed by atoms with Gasteiger partial charge in [-0.05, 0) is 38.1 Å². The minimum absolute atomic E-state index is 0.149. The Balaban J connectivity index is 1.46. The van der Waals surface area contributed by atoms with Crippen LogP contribution in [0.4, 0.5) is 17.6 Å². The highest BCUT2D eigenvalue weighted by atomic mass is 32.2. The number of aromatic nitrogens is 5. The molecule has 4 rings (SSSR count). The van der Waals surface area contributed by atoms with Gasteiger partial charge in [0.1, 0.15) is 5.82 Å². The van der Waals surface area contributed by atoms with Crippen molar-refractivity contribution in [2.45, 2.75) is 24.8 Å². The number of nitrogen functional groups attached to an aromatic ring is 1. The fraction of sp³-hybridized carbons (Fsp3) is 0.150. The van der Waals surface area contributed by atoms with Crippen molar-refractivity contribution in [1.82, 2.24) is 25.1 Å². The number of anilines is 3. The van der Waals surface area contributed by atoms with Crippen molar-refractivity contribution in [3.63, 3.8) is 0 Å². The normalized spacial score (nSPS) is 10.8. The topological polar surface area (TPSA) is 116 Å². The summed E-state index contributed by atoms with van der Waals surface area (Å²) in [4.78, 5) is 12.7. The first-order chi connectivity index (χ1) is 14.0. The summed E-state index contributed by atoms with van der Waals surface area (Å²) in [5, 5.41) is 11.8. The smallest absolute Gasteiger partial charge is 0.277 e. The van der Waals surface area contributed by atoms with Gasteiger partial charge in [-0.3, -0.25) is 0 Å². The van der Waals surface area contributed by atoms with Crippen LogP contribution in [-0.4, -0.2) is 25.1 Å². The molecule has 0 aliphatic carbocycles. The summed E-state index contributed by atoms with van der Waals surface area (Å²) >= 11 is 1.34. The van der Waals surface area contributed by atoms with Gasteiger partial charge < -0.3 is 15.5 Å². The van der Waals surface area contributed by atoms with Crippen molar-refractivity contribution >= 4 is 29.3 Å². The van der Waals surface area contributed by atoms with Gasteiger partial charge in [0.25, 0.3) is 5.22 Å². The molecule has 2 heterocycles. The second-order valence-electron chi connectivity index (χ2n) is 6.46. The monoisotopic (exact) mass is 405 g/mol. The fourth-order valence-corrected chi connectivity index (χ4v) is 3.44. The average molecular weight is 405 g/mol. The third kappa shape index (κ3) is 4.88. The van der Waals surface area contributed by atoms with Gasteiger partial charge in [-0.1, -0.05) is 47.2 Å². The van der Waals surface area contributed by atoms with Gasteiger partial charge in [-0.15, -0.1) is 10.2 Å². The van der Waals surface area contributed by atoms with Crippen LogP contribution in [0, 0.1) is 13.8 Å². The molecule has 9 heteroatoms. The zero-order valence-electron chi connectivity index (χ0n) is 16.0. The largest absolute Gasteiger partial charge is 0.411 e. The lowest BCUT2D eigenvalue weighted by Gasteiger charge is -2.06. The van der Waals surface area contributed by atoms with E-state index in [9.17, 15) is 0 Å². The lowest BCUT2D eigenvalue weighted by molar-refractivity contribution is 0.465. The maximum atomic E-state index is 5.83. The summed E-state index contributed by atoms with van der Waals surface area (Å²) in [6, 6.07) is 15.8. The molecule has 0 radical (unpaired) electrons. The Kier molecular flexibility index (Phi) is 5.39. The first-order valence-electron chi connectivity index (χ1n) is 8.92. The highest BCUT2D eigenvalue weighted by Crippen LogP contribution is 2.26. The van der Waals surface area contributed by atoms with Crippen molar-refractivity contribution in [3.05, 3.63) is 65.5 Å². The van der Waals surface area contributed by atoms with E-state index < -0.39 is 0 Å². The maximum absolute atomic E-state index is 5.83. The summed E-state index contributed by atoms with van der Waals surface area (Å²) < 4.78 is 5.78. The van der Waals surface area contributed by atoms with E-state index in [0.717, 1.165) is 22.4 Å². The van der Waals surface area contributed by atoms with Gasteiger partial charge in [0.05, 0.1) is 5.75 Å². The predicted molar refractivity (Wildman–Crippen MR) is 113 cm³/mol. The number of nitrogens with one attached hydrogen (secondary N) is 1. The van der Waals surface area contributed by atoms with Gasteiger partial charge in [0.2, 0.25) is 17.8 Å². The molecule has 3 N–H and O–H groups in total. The summed E-state index contributed by atoms with van der Waals surface area (Å²) in [5.74, 6) is 1.97. The zero-order valence-corrected chi connectivity index (χ0v) is 16.8. The molecule has 146 valence electrons. The van der Waals surface area contributed by atoms with E-state index in [1.165, 1.54) is 11.8 Å². The molecule has 0 saturated carbocycles. The van der Waals surface area contributed by atoms with Crippen LogP contribution in [0.15, 0.2) is 58.2 Å². The summed E-state index contributed by atoms with van der Waals surface area (Å²) in [5.41, 5.74) is 9.89. The van der Waals surface area contributed by atoms with Gasteiger partial charge in [-0.25, -0.2) is 0 Å². The first kappa shape index (κ1) is 18.9. The summed E-state index contributed by atoms with van der Waals surface area (Å²) in [6.07, 6.45) is 0. The molecule has 0 spiro atoms. The number of para-hydroxylation sites is 1. The van der Waals surface area contributed by atoms with Gasteiger partial charge in [0.15, 0.2) is 0 Å². The summed E-state index contributed by atoms with van der Waals surface area (Å²) in [6.45, 7) is 4.07. The number of hydrogen-bond donors (Lipinski definition) is 2. The highest BCUT2D eigenvalue weighted by molar-refractivity contribution is 7.98. The third-order valence-electron chi connectivity index (χ3n) is 3.93. The van der Waals surface area contributed by atoms with Crippen molar-refractivity contribution < 1.29 is 4.42 Å². The van der Waals surface area contributed by atoms with E-state index in [2.05, 4.69) is 36.5 Å². The van der Waals surface area contributed by atoms with Gasteiger partial charge >= 0.3 is 0 Å². The molecule has 0 aliphatic rings. The molecule has 0 amide bonds. The van der Waals surface area contributed by atoms with E-state index in [0.29, 0.717) is 28.6 Å². The summed E-state index contributed by atoms with van der Waals surface area (Å²) in [7, 11) is 0. The van der Waals surface area contributed by atoms with Crippen LogP contribution in [0.3, 0.4) is 0 Å². The Hall–Kier alpha value is -3.46. The minimum Gasteiger partial charge on any atom is -0.411 e. The standard InChI is InChI=1S/C20H19N7OS/c1-12-8-13(2)10-14(9-12)17-26-27-20(28-17)29-11-16-23-18(21)25-19(24-16)22-15-6-4-3-5-7-15/h3-10H,11H2,1-2H3,(H3,21,22,23,24,25). The Morgan fingerprint density at radius 3 is 2.48 bits per heavy atom. The van der Waals surface area contributed by atoms with Crippen LogP contribution in [0.5, 0.6) is 0 Å². The molecule has 0 fully saturated rings. The molecule has 29 heavy (non-hydrogen) atoms. The number of hydrogen-bond acceptors (Lipinski definition) is 9. The van der Waals surface area contributed by atoms with Crippen LogP contribution < -0.4 is 11.1 Å². The van der Waals surface area contributed by atoms with E-state index in [-0.39, 0.29) is 5.95 Å². The molecule has 0 atom stereocenters. The molecular weight excluding hydrogens is 386 g/mol. The average Bonchev–Trinajstić information content (AvgIpc) is 3.15. The van der Waals surface area contributed by atoms with Crippen molar-refractivity contribution in [2.75, 3.05) is 11.1 Å². The highest BCUT2D eigenvalue weighted by Gasteiger charge is 2.12. The number of rotatable bonds is 6. The molecule has 2 aromatic heterocycles. The number of nitrogens with zero attached hydrogens (tertiary/aromatic N) is 5. The second-order valence-corrected chi connectivity index (χ2v) is 7.39. The number of benzene rings is 2. The predicted octanol–water partition coefficient (Wildman–Crippen LogP) is 4.16. The van der Waals surface area contributed by atoms with Crippen molar-refractivity contribution in [1.29, 1.82) is 0 Å². The molecule has 0 unspecified atom stereocenters. The van der Waals surface area contributed by atoms with E-state index >= 15 is 0 Å². The second kappa shape index (κ2) is 8.27. The van der Waals surface area contributed by atoms with Crippen LogP contribution >= 0.6 is 11.8 Å². The molecular formula is C20H19N7OS. The Labute approximate surface area is 172 Å². The molecule has 8 nitrogen and oxygen atoms in total. The number of nitrogens with two attached hydrogens (primary N) is 1. The van der Waals surface area contributed by atoms with E-state index in [4.69, 9.17) is 10.2 Å². The van der Waals surface area contributed by atoms with Gasteiger partial charge in [0, 0.05) is 11.3 Å². The quantitative estimate of drug-likeness (QED) is 0.456. The van der Waals surface area contributed by atoms with Crippen LogP contribution in [-0.2, 0) is 5.75 Å². The maximum Gasteiger partial charge on any atom is 0.277 e. The SMILES string of the molecule is Cc1cc(C)cc(-c2nnc(SCc3nc(N)nc(Nc4ccccc4)n3)o2)c1. The van der Waals surface area contributed by atoms with Gasteiger partial charge in [-0.2, -0.15) is 15.0 Å². The van der Waals surface area contributed by atoms with Crippen LogP contribution in [0.2, 0.25) is 0 Å². The minimum atomic E-state index is 0.149. The molecule has 2 aromatic carbocycles. The number of aryl methyl sites for hydroxylation is 2. The molecule has 0 bridgehead atoms. The molecule has 0 aliphatic heterocycles. The van der Waals surface area contributed by atoms with Crippen molar-refractivity contribution in [2.24, 2.45) is 0 Å². The Morgan fingerprint density at radius 2 is 1.72 bits per heavy atom. The lowest BCUT2D eigenvalue weighted by Crippen LogP contribution is -2.06. The first-order valence-corrected chi connectivity index (χ1v) is 9.91. The molecule has 4 aromatic rings. The number of thioether (sulfide) groups is 1. The van der Waals surface area contributed by atoms with Crippen molar-refractivity contribution in [3.8, 4) is 11.5 Å². The zero-order chi connectivity index (χ0) is 20.2. The Morgan fingerprint density at radius 1 is 0.966 bits per heavy atom. The molecule has 0 saturated heterocycles. The third-order valence-corrected chi connectivity index (χ3v) is 4.74.